The molecule has 7 nitrogen and oxygen atoms in total. The van der Waals surface area contributed by atoms with Crippen LogP contribution >= 0.6 is 23.6 Å². The van der Waals surface area contributed by atoms with Crippen LogP contribution in [0.25, 0.3) is 0 Å². The van der Waals surface area contributed by atoms with Gasteiger partial charge in [0.1, 0.15) is 0 Å². The number of unbranched alkanes of at least 4 members (excludes halogenated alkanes) is 1. The van der Waals surface area contributed by atoms with Crippen molar-refractivity contribution in [3.63, 3.8) is 0 Å². The van der Waals surface area contributed by atoms with Crippen LogP contribution < -0.4 is 5.32 Å². The van der Waals surface area contributed by atoms with Crippen LogP contribution in [0.15, 0.2) is 12.1 Å². The van der Waals surface area contributed by atoms with Crippen molar-refractivity contribution in [1.29, 1.82) is 0 Å². The Bertz CT molecular complexity index is 582. The van der Waals surface area contributed by atoms with Gasteiger partial charge in [-0.05, 0) is 24.7 Å². The molecule has 0 atom stereocenters. The van der Waals surface area contributed by atoms with Crippen LogP contribution in [0.5, 0.6) is 0 Å². The van der Waals surface area contributed by atoms with Crippen molar-refractivity contribution in [2.45, 2.75) is 19.8 Å². The van der Waals surface area contributed by atoms with E-state index in [0.717, 1.165) is 35.8 Å². The topological polar surface area (TPSA) is 78.7 Å². The normalized spacial score (nSPS) is 14.7. The predicted molar refractivity (Wildman–Crippen MR) is 94.0 cm³/mol. The van der Waals surface area contributed by atoms with Gasteiger partial charge >= 0.3 is 5.00 Å². The molecule has 1 aliphatic rings. The van der Waals surface area contributed by atoms with Gasteiger partial charge in [-0.25, -0.2) is 0 Å². The maximum absolute atomic E-state index is 12.4. The summed E-state index contributed by atoms with van der Waals surface area (Å²) < 4.78 is 0. The molecule has 1 saturated heterocycles. The summed E-state index contributed by atoms with van der Waals surface area (Å²) in [5.41, 5.74) is 0. The molecule has 0 unspecified atom stereocenters. The van der Waals surface area contributed by atoms with Gasteiger partial charge < -0.3 is 15.1 Å². The summed E-state index contributed by atoms with van der Waals surface area (Å²) >= 11 is 6.28. The van der Waals surface area contributed by atoms with E-state index in [1.54, 1.807) is 4.90 Å². The summed E-state index contributed by atoms with van der Waals surface area (Å²) in [5, 5.41) is 14.7. The third-order valence-corrected chi connectivity index (χ3v) is 5.07. The summed E-state index contributed by atoms with van der Waals surface area (Å²) in [6.45, 7) is 5.49. The Morgan fingerprint density at radius 3 is 2.57 bits per heavy atom. The van der Waals surface area contributed by atoms with Gasteiger partial charge in [-0.3, -0.25) is 14.9 Å². The lowest BCUT2D eigenvalue weighted by Gasteiger charge is -2.36. The third kappa shape index (κ3) is 4.61. The number of nitrogens with one attached hydrogen (secondary N) is 1. The molecule has 126 valence electrons. The van der Waals surface area contributed by atoms with Crippen LogP contribution in [-0.4, -0.2) is 58.5 Å². The van der Waals surface area contributed by atoms with Crippen molar-refractivity contribution in [2.24, 2.45) is 0 Å². The zero-order valence-corrected chi connectivity index (χ0v) is 14.6. The first-order valence-electron chi connectivity index (χ1n) is 7.59. The molecule has 1 aromatic heterocycles. The number of nitro groups is 1. The smallest absolute Gasteiger partial charge is 0.324 e. The monoisotopic (exact) mass is 356 g/mol. The molecule has 1 aliphatic heterocycles. The maximum Gasteiger partial charge on any atom is 0.324 e. The highest BCUT2D eigenvalue weighted by atomic mass is 32.1. The van der Waals surface area contributed by atoms with Crippen LogP contribution in [0, 0.1) is 10.1 Å². The summed E-state index contributed by atoms with van der Waals surface area (Å²) in [6, 6.07) is 2.90. The lowest BCUT2D eigenvalue weighted by Crippen LogP contribution is -2.53. The number of thiophene rings is 1. The Morgan fingerprint density at radius 1 is 1.35 bits per heavy atom. The van der Waals surface area contributed by atoms with Gasteiger partial charge in [0, 0.05) is 38.8 Å². The number of nitrogens with zero attached hydrogens (tertiary/aromatic N) is 3. The molecule has 0 spiro atoms. The van der Waals surface area contributed by atoms with E-state index >= 15 is 0 Å². The molecule has 9 heteroatoms. The number of piperazine rings is 1. The largest absolute Gasteiger partial charge is 0.363 e. The predicted octanol–water partition coefficient (Wildman–Crippen LogP) is 2.09. The molecule has 2 heterocycles. The van der Waals surface area contributed by atoms with Crippen LogP contribution in [0.1, 0.15) is 29.4 Å². The Balaban J connectivity index is 1.84. The minimum Gasteiger partial charge on any atom is -0.363 e. The van der Waals surface area contributed by atoms with E-state index in [2.05, 4.69) is 17.1 Å². The molecule has 1 fully saturated rings. The van der Waals surface area contributed by atoms with Crippen molar-refractivity contribution in [1.82, 2.24) is 15.1 Å². The van der Waals surface area contributed by atoms with Crippen molar-refractivity contribution >= 4 is 39.6 Å². The number of hydrogen-bond acceptors (Lipinski definition) is 5. The fourth-order valence-corrected chi connectivity index (χ4v) is 3.37. The standard InChI is InChI=1S/C14H20N4O3S2/c1-2-3-6-15-14(22)17-9-7-16(8-10-17)13(19)11-4-5-12(23-11)18(20)21/h4-5H,2-3,6-10H2,1H3,(H,15,22). The Labute approximate surface area is 144 Å². The van der Waals surface area contributed by atoms with Gasteiger partial charge in [-0.1, -0.05) is 24.7 Å². The van der Waals surface area contributed by atoms with Gasteiger partial charge in [0.15, 0.2) is 5.11 Å². The van der Waals surface area contributed by atoms with Gasteiger partial charge in [0.05, 0.1) is 9.80 Å². The maximum atomic E-state index is 12.4. The van der Waals surface area contributed by atoms with E-state index in [-0.39, 0.29) is 10.9 Å². The first-order chi connectivity index (χ1) is 11.0. The molecular formula is C14H20N4O3S2. The van der Waals surface area contributed by atoms with E-state index in [4.69, 9.17) is 12.2 Å². The minimum atomic E-state index is -0.472. The molecule has 1 N–H and O–H groups in total. The minimum absolute atomic E-state index is 0.00621. The highest BCUT2D eigenvalue weighted by Gasteiger charge is 2.25. The number of amides is 1. The van der Waals surface area contributed by atoms with Crippen molar-refractivity contribution < 1.29 is 9.72 Å². The molecule has 1 amide bonds. The van der Waals surface area contributed by atoms with Crippen LogP contribution in [-0.2, 0) is 0 Å². The number of rotatable bonds is 5. The molecule has 23 heavy (non-hydrogen) atoms. The van der Waals surface area contributed by atoms with Crippen molar-refractivity contribution in [2.75, 3.05) is 32.7 Å². The van der Waals surface area contributed by atoms with Crippen molar-refractivity contribution in [3.05, 3.63) is 27.1 Å². The van der Waals surface area contributed by atoms with E-state index in [9.17, 15) is 14.9 Å². The summed E-state index contributed by atoms with van der Waals surface area (Å²) in [5.74, 6) is -0.146. The first kappa shape index (κ1) is 17.6. The zero-order valence-electron chi connectivity index (χ0n) is 13.0. The quantitative estimate of drug-likeness (QED) is 0.377. The molecule has 0 radical (unpaired) electrons. The second-order valence-corrected chi connectivity index (χ2v) is 6.71. The molecule has 1 aromatic rings. The SMILES string of the molecule is CCCCNC(=S)N1CCN(C(=O)c2ccc([N+](=O)[O-])s2)CC1. The van der Waals surface area contributed by atoms with E-state index < -0.39 is 4.92 Å². The van der Waals surface area contributed by atoms with Crippen LogP contribution in [0.3, 0.4) is 0 Å². The van der Waals surface area contributed by atoms with Gasteiger partial charge in [-0.15, -0.1) is 0 Å². The van der Waals surface area contributed by atoms with Crippen LogP contribution in [0.4, 0.5) is 5.00 Å². The highest BCUT2D eigenvalue weighted by molar-refractivity contribution is 7.80. The van der Waals surface area contributed by atoms with Gasteiger partial charge in [0.25, 0.3) is 5.91 Å². The lowest BCUT2D eigenvalue weighted by atomic mass is 10.3. The molecular weight excluding hydrogens is 336 g/mol. The first-order valence-corrected chi connectivity index (χ1v) is 8.81. The average Bonchev–Trinajstić information content (AvgIpc) is 3.05. The Hall–Kier alpha value is -1.74. The molecule has 0 aliphatic carbocycles. The van der Waals surface area contributed by atoms with Crippen LogP contribution in [0.2, 0.25) is 0 Å². The summed E-state index contributed by atoms with van der Waals surface area (Å²) in [7, 11) is 0. The fourth-order valence-electron chi connectivity index (χ4n) is 2.29. The van der Waals surface area contributed by atoms with E-state index in [1.807, 2.05) is 0 Å². The third-order valence-electron chi connectivity index (χ3n) is 3.64. The summed E-state index contributed by atoms with van der Waals surface area (Å²) in [6.07, 6.45) is 2.20. The second-order valence-electron chi connectivity index (χ2n) is 5.26. The summed E-state index contributed by atoms with van der Waals surface area (Å²) in [4.78, 5) is 26.8. The Morgan fingerprint density at radius 2 is 2.00 bits per heavy atom. The van der Waals surface area contributed by atoms with E-state index in [1.165, 1.54) is 12.1 Å². The Kier molecular flexibility index (Phi) is 6.28. The number of carbonyl (C=O) groups is 1. The molecule has 2 rings (SSSR count). The van der Waals surface area contributed by atoms with Gasteiger partial charge in [0.2, 0.25) is 0 Å². The van der Waals surface area contributed by atoms with Crippen molar-refractivity contribution in [3.8, 4) is 0 Å². The lowest BCUT2D eigenvalue weighted by molar-refractivity contribution is -0.380. The van der Waals surface area contributed by atoms with E-state index in [0.29, 0.717) is 31.1 Å². The molecule has 0 aromatic carbocycles. The highest BCUT2D eigenvalue weighted by Crippen LogP contribution is 2.25. The molecule has 0 saturated carbocycles. The average molecular weight is 356 g/mol. The number of thiocarbonyl (C=S) groups is 1. The zero-order chi connectivity index (χ0) is 16.8. The second kappa shape index (κ2) is 8.21. The molecule has 0 bridgehead atoms. The number of carbonyl (C=O) groups excluding carboxylic acids is 1. The van der Waals surface area contributed by atoms with Gasteiger partial charge in [-0.2, -0.15) is 0 Å². The number of hydrogen-bond donors (Lipinski definition) is 1. The fraction of sp³-hybridized carbons (Fsp3) is 0.571.